The Balaban J connectivity index is 1.87. The number of rotatable bonds is 3. The Morgan fingerprint density at radius 1 is 1.14 bits per heavy atom. The fraction of sp³-hybridized carbons (Fsp3) is 0.235. The van der Waals surface area contributed by atoms with Gasteiger partial charge >= 0.3 is 0 Å². The molecule has 0 aliphatic carbocycles. The van der Waals surface area contributed by atoms with Gasteiger partial charge in [-0.1, -0.05) is 29.8 Å². The van der Waals surface area contributed by atoms with Crippen LogP contribution < -0.4 is 16.0 Å². The van der Waals surface area contributed by atoms with E-state index in [1.54, 1.807) is 18.2 Å². The van der Waals surface area contributed by atoms with E-state index in [4.69, 9.17) is 17.3 Å². The van der Waals surface area contributed by atoms with Crippen LogP contribution in [0, 0.1) is 0 Å². The maximum absolute atomic E-state index is 12.3. The van der Waals surface area contributed by atoms with Crippen molar-refractivity contribution >= 4 is 34.6 Å². The third-order valence-electron chi connectivity index (χ3n) is 3.85. The first kappa shape index (κ1) is 14.7. The predicted octanol–water partition coefficient (Wildman–Crippen LogP) is 3.77. The van der Waals surface area contributed by atoms with E-state index in [1.807, 2.05) is 24.3 Å². The molecule has 3 N–H and O–H groups in total. The van der Waals surface area contributed by atoms with E-state index in [0.29, 0.717) is 22.0 Å². The molecular formula is C17H18ClN3O. The van der Waals surface area contributed by atoms with Crippen molar-refractivity contribution in [3.05, 3.63) is 53.1 Å². The molecule has 2 aromatic rings. The molecule has 5 heteroatoms. The zero-order chi connectivity index (χ0) is 15.5. The van der Waals surface area contributed by atoms with Gasteiger partial charge in [-0.05, 0) is 37.1 Å². The van der Waals surface area contributed by atoms with E-state index in [0.717, 1.165) is 31.6 Å². The summed E-state index contributed by atoms with van der Waals surface area (Å²) in [6.07, 6.45) is 2.32. The molecule has 0 bridgehead atoms. The number of anilines is 3. The molecule has 22 heavy (non-hydrogen) atoms. The molecule has 0 unspecified atom stereocenters. The normalized spacial score (nSPS) is 14.1. The van der Waals surface area contributed by atoms with Crippen molar-refractivity contribution in [3.63, 3.8) is 0 Å². The third-order valence-corrected chi connectivity index (χ3v) is 4.16. The molecule has 1 saturated heterocycles. The molecule has 1 aliphatic heterocycles. The Hall–Kier alpha value is -2.20. The molecule has 114 valence electrons. The van der Waals surface area contributed by atoms with E-state index < -0.39 is 0 Å². The highest BCUT2D eigenvalue weighted by atomic mass is 35.5. The van der Waals surface area contributed by atoms with Crippen LogP contribution in [-0.4, -0.2) is 19.0 Å². The Labute approximate surface area is 134 Å². The van der Waals surface area contributed by atoms with Gasteiger partial charge in [0.1, 0.15) is 0 Å². The van der Waals surface area contributed by atoms with Crippen molar-refractivity contribution in [1.82, 2.24) is 0 Å². The van der Waals surface area contributed by atoms with Crippen LogP contribution in [0.5, 0.6) is 0 Å². The summed E-state index contributed by atoms with van der Waals surface area (Å²) >= 11 is 6.23. The fourth-order valence-electron chi connectivity index (χ4n) is 2.69. The van der Waals surface area contributed by atoms with Gasteiger partial charge in [-0.2, -0.15) is 0 Å². The number of carbonyl (C=O) groups excluding carboxylic acids is 1. The lowest BCUT2D eigenvalue weighted by molar-refractivity contribution is 0.102. The molecule has 1 heterocycles. The quantitative estimate of drug-likeness (QED) is 0.848. The number of hydrogen-bond acceptors (Lipinski definition) is 3. The van der Waals surface area contributed by atoms with Crippen LogP contribution in [-0.2, 0) is 0 Å². The lowest BCUT2D eigenvalue weighted by Gasteiger charge is -2.21. The predicted molar refractivity (Wildman–Crippen MR) is 91.7 cm³/mol. The van der Waals surface area contributed by atoms with Crippen molar-refractivity contribution in [2.24, 2.45) is 0 Å². The highest BCUT2D eigenvalue weighted by Crippen LogP contribution is 2.35. The largest absolute Gasteiger partial charge is 0.397 e. The van der Waals surface area contributed by atoms with Crippen molar-refractivity contribution < 1.29 is 4.79 Å². The van der Waals surface area contributed by atoms with Crippen LogP contribution >= 0.6 is 11.6 Å². The second-order valence-corrected chi connectivity index (χ2v) is 5.81. The van der Waals surface area contributed by atoms with Crippen LogP contribution in [0.1, 0.15) is 23.2 Å². The molecule has 1 amide bonds. The summed E-state index contributed by atoms with van der Waals surface area (Å²) in [4.78, 5) is 14.5. The van der Waals surface area contributed by atoms with Gasteiger partial charge in [0, 0.05) is 18.7 Å². The minimum Gasteiger partial charge on any atom is -0.397 e. The van der Waals surface area contributed by atoms with Crippen LogP contribution in [0.2, 0.25) is 5.02 Å². The maximum atomic E-state index is 12.3. The fourth-order valence-corrected chi connectivity index (χ4v) is 2.91. The average molecular weight is 316 g/mol. The number of hydrogen-bond donors (Lipinski definition) is 2. The monoisotopic (exact) mass is 315 g/mol. The van der Waals surface area contributed by atoms with Gasteiger partial charge < -0.3 is 16.0 Å². The van der Waals surface area contributed by atoms with Gasteiger partial charge in [0.05, 0.1) is 22.1 Å². The molecule has 2 aromatic carbocycles. The molecule has 3 rings (SSSR count). The van der Waals surface area contributed by atoms with E-state index in [9.17, 15) is 4.79 Å². The zero-order valence-corrected chi connectivity index (χ0v) is 12.9. The van der Waals surface area contributed by atoms with Gasteiger partial charge in [0.25, 0.3) is 5.91 Å². The smallest absolute Gasteiger partial charge is 0.255 e. The molecular weight excluding hydrogens is 298 g/mol. The number of amides is 1. The third kappa shape index (κ3) is 3.02. The van der Waals surface area contributed by atoms with Gasteiger partial charge in [-0.3, -0.25) is 4.79 Å². The molecule has 0 spiro atoms. The van der Waals surface area contributed by atoms with Crippen LogP contribution in [0.25, 0.3) is 0 Å². The lowest BCUT2D eigenvalue weighted by atomic mass is 10.2. The summed E-state index contributed by atoms with van der Waals surface area (Å²) in [7, 11) is 0. The van der Waals surface area contributed by atoms with Crippen molar-refractivity contribution in [3.8, 4) is 0 Å². The van der Waals surface area contributed by atoms with Crippen LogP contribution in [0.15, 0.2) is 42.5 Å². The second-order valence-electron chi connectivity index (χ2n) is 5.41. The standard InChI is InChI=1S/C17H18ClN3O/c18-13-10-14(19)16(21-8-4-5-9-21)11-15(13)20-17(22)12-6-2-1-3-7-12/h1-3,6-7,10-11H,4-5,8-9,19H2,(H,20,22). The van der Waals surface area contributed by atoms with Gasteiger partial charge in [0.15, 0.2) is 0 Å². The van der Waals surface area contributed by atoms with Crippen molar-refractivity contribution in [2.45, 2.75) is 12.8 Å². The Morgan fingerprint density at radius 3 is 2.50 bits per heavy atom. The first-order valence-electron chi connectivity index (χ1n) is 7.35. The Morgan fingerprint density at radius 2 is 1.82 bits per heavy atom. The Bertz CT molecular complexity index is 682. The SMILES string of the molecule is Nc1cc(Cl)c(NC(=O)c2ccccc2)cc1N1CCCC1. The minimum absolute atomic E-state index is 0.181. The molecule has 1 aliphatic rings. The van der Waals surface area contributed by atoms with Crippen LogP contribution in [0.4, 0.5) is 17.1 Å². The van der Waals surface area contributed by atoms with E-state index in [-0.39, 0.29) is 5.91 Å². The summed E-state index contributed by atoms with van der Waals surface area (Å²) in [6.45, 7) is 1.97. The maximum Gasteiger partial charge on any atom is 0.255 e. The number of carbonyl (C=O) groups is 1. The number of nitrogens with two attached hydrogens (primary N) is 1. The topological polar surface area (TPSA) is 58.4 Å². The first-order valence-corrected chi connectivity index (χ1v) is 7.73. The van der Waals surface area contributed by atoms with Crippen LogP contribution in [0.3, 0.4) is 0 Å². The summed E-state index contributed by atoms with van der Waals surface area (Å²) in [5.41, 5.74) is 8.84. The number of halogens is 1. The summed E-state index contributed by atoms with van der Waals surface area (Å²) in [6, 6.07) is 12.6. The number of nitrogens with zero attached hydrogens (tertiary/aromatic N) is 1. The molecule has 1 fully saturated rings. The van der Waals surface area contributed by atoms with Crippen molar-refractivity contribution in [2.75, 3.05) is 29.0 Å². The first-order chi connectivity index (χ1) is 10.6. The molecule has 0 aromatic heterocycles. The Kier molecular flexibility index (Phi) is 4.20. The summed E-state index contributed by atoms with van der Waals surface area (Å²) in [5.74, 6) is -0.181. The second kappa shape index (κ2) is 6.28. The number of benzene rings is 2. The average Bonchev–Trinajstić information content (AvgIpc) is 3.05. The minimum atomic E-state index is -0.181. The molecule has 0 saturated carbocycles. The molecule has 0 radical (unpaired) electrons. The van der Waals surface area contributed by atoms with Crippen molar-refractivity contribution in [1.29, 1.82) is 0 Å². The zero-order valence-electron chi connectivity index (χ0n) is 12.2. The highest BCUT2D eigenvalue weighted by molar-refractivity contribution is 6.34. The lowest BCUT2D eigenvalue weighted by Crippen LogP contribution is -2.20. The van der Waals surface area contributed by atoms with Gasteiger partial charge in [-0.25, -0.2) is 0 Å². The van der Waals surface area contributed by atoms with E-state index in [1.165, 1.54) is 0 Å². The summed E-state index contributed by atoms with van der Waals surface area (Å²) in [5, 5.41) is 3.31. The summed E-state index contributed by atoms with van der Waals surface area (Å²) < 4.78 is 0. The number of nitrogen functional groups attached to an aromatic ring is 1. The molecule has 0 atom stereocenters. The molecule has 4 nitrogen and oxygen atoms in total. The van der Waals surface area contributed by atoms with E-state index in [2.05, 4.69) is 10.2 Å². The highest BCUT2D eigenvalue weighted by Gasteiger charge is 2.18. The van der Waals surface area contributed by atoms with E-state index >= 15 is 0 Å². The van der Waals surface area contributed by atoms with Gasteiger partial charge in [-0.15, -0.1) is 0 Å². The van der Waals surface area contributed by atoms with Gasteiger partial charge in [0.2, 0.25) is 0 Å². The number of nitrogens with one attached hydrogen (secondary N) is 1.